The highest BCUT2D eigenvalue weighted by Crippen LogP contribution is 2.49. The van der Waals surface area contributed by atoms with Gasteiger partial charge in [0.15, 0.2) is 0 Å². The van der Waals surface area contributed by atoms with Crippen LogP contribution in [-0.4, -0.2) is 75.9 Å². The van der Waals surface area contributed by atoms with Gasteiger partial charge in [-0.15, -0.1) is 0 Å². The van der Waals surface area contributed by atoms with Crippen LogP contribution in [-0.2, 0) is 11.3 Å². The van der Waals surface area contributed by atoms with Crippen LogP contribution in [0.5, 0.6) is 0 Å². The molecule has 7 heteroatoms. The average Bonchev–Trinajstić information content (AvgIpc) is 3.20. The summed E-state index contributed by atoms with van der Waals surface area (Å²) in [4.78, 5) is 36.4. The summed E-state index contributed by atoms with van der Waals surface area (Å²) in [6.45, 7) is 10.9. The number of carbonyl (C=O) groups excluding carboxylic acids is 2. The van der Waals surface area contributed by atoms with E-state index in [1.54, 1.807) is 6.20 Å². The van der Waals surface area contributed by atoms with Crippen LogP contribution in [0, 0.1) is 11.8 Å². The molecule has 158 valence electrons. The van der Waals surface area contributed by atoms with E-state index in [1.165, 1.54) is 5.56 Å². The summed E-state index contributed by atoms with van der Waals surface area (Å²) < 4.78 is 0. The number of nitrogens with one attached hydrogen (secondary N) is 1. The van der Waals surface area contributed by atoms with Crippen molar-refractivity contribution in [3.8, 4) is 0 Å². The molecule has 3 aliphatic rings. The second-order valence-electron chi connectivity index (χ2n) is 9.05. The molecule has 0 aromatic carbocycles. The van der Waals surface area contributed by atoms with Crippen LogP contribution < -0.4 is 5.32 Å². The van der Waals surface area contributed by atoms with Crippen LogP contribution in [0.3, 0.4) is 0 Å². The highest BCUT2D eigenvalue weighted by atomic mass is 16.2. The first-order valence-electron chi connectivity index (χ1n) is 10.9. The molecular formula is C22H33N5O2. The molecule has 2 atom stereocenters. The van der Waals surface area contributed by atoms with Crippen molar-refractivity contribution in [2.75, 3.05) is 32.7 Å². The van der Waals surface area contributed by atoms with E-state index < -0.39 is 0 Å². The maximum absolute atomic E-state index is 13.2. The van der Waals surface area contributed by atoms with Gasteiger partial charge in [0.05, 0.1) is 11.5 Å². The standard InChI is InChI=1S/C22H33N5O2/c1-4-27-20(28)18-14-25(13-17-6-5-9-23-12-17)15-19(18)22(27)7-10-26(11-8-22)21(29)24-16(2)3/h5-6,9,12,16,18-19H,4,7-8,10-11,13-15H2,1-3H3,(H,24,29)/t18-,19+/m0/s1. The minimum atomic E-state index is -0.102. The second kappa shape index (κ2) is 7.94. The van der Waals surface area contributed by atoms with E-state index in [0.29, 0.717) is 24.9 Å². The Morgan fingerprint density at radius 1 is 1.31 bits per heavy atom. The number of urea groups is 1. The molecule has 7 nitrogen and oxygen atoms in total. The molecule has 0 unspecified atom stereocenters. The lowest BCUT2D eigenvalue weighted by Gasteiger charge is -2.47. The minimum Gasteiger partial charge on any atom is -0.337 e. The zero-order valence-corrected chi connectivity index (χ0v) is 17.8. The predicted molar refractivity (Wildman–Crippen MR) is 111 cm³/mol. The molecule has 29 heavy (non-hydrogen) atoms. The molecule has 4 rings (SSSR count). The fourth-order valence-electron chi connectivity index (χ4n) is 5.73. The summed E-state index contributed by atoms with van der Waals surface area (Å²) in [5, 5.41) is 3.00. The SMILES string of the molecule is CCN1C(=O)[C@H]2CN(Cc3cccnc3)C[C@H]2C12CCN(C(=O)NC(C)C)CC2. The minimum absolute atomic E-state index is 0.0170. The molecule has 3 aliphatic heterocycles. The zero-order chi connectivity index (χ0) is 20.6. The molecule has 1 aromatic heterocycles. The molecule has 0 bridgehead atoms. The summed E-state index contributed by atoms with van der Waals surface area (Å²) >= 11 is 0. The summed E-state index contributed by atoms with van der Waals surface area (Å²) in [6, 6.07) is 4.22. The number of pyridine rings is 1. The summed E-state index contributed by atoms with van der Waals surface area (Å²) in [6.07, 6.45) is 5.46. The number of aromatic nitrogens is 1. The molecule has 3 amide bonds. The van der Waals surface area contributed by atoms with Crippen molar-refractivity contribution in [3.63, 3.8) is 0 Å². The smallest absolute Gasteiger partial charge is 0.317 e. The highest BCUT2D eigenvalue weighted by molar-refractivity contribution is 5.84. The van der Waals surface area contributed by atoms with Crippen LogP contribution in [0.1, 0.15) is 39.2 Å². The van der Waals surface area contributed by atoms with Crippen LogP contribution in [0.15, 0.2) is 24.5 Å². The molecular weight excluding hydrogens is 366 g/mol. The van der Waals surface area contributed by atoms with Crippen LogP contribution in [0.4, 0.5) is 4.79 Å². The van der Waals surface area contributed by atoms with Crippen molar-refractivity contribution < 1.29 is 9.59 Å². The zero-order valence-electron chi connectivity index (χ0n) is 17.8. The topological polar surface area (TPSA) is 68.8 Å². The Morgan fingerprint density at radius 2 is 2.07 bits per heavy atom. The monoisotopic (exact) mass is 399 g/mol. The fourth-order valence-corrected chi connectivity index (χ4v) is 5.73. The van der Waals surface area contributed by atoms with Gasteiger partial charge in [0.2, 0.25) is 5.91 Å². The summed E-state index contributed by atoms with van der Waals surface area (Å²) in [5.41, 5.74) is 1.09. The molecule has 1 spiro atoms. The second-order valence-corrected chi connectivity index (χ2v) is 9.05. The van der Waals surface area contributed by atoms with Crippen molar-refractivity contribution in [1.29, 1.82) is 0 Å². The van der Waals surface area contributed by atoms with E-state index in [9.17, 15) is 9.59 Å². The maximum atomic E-state index is 13.2. The molecule has 3 fully saturated rings. The third-order valence-corrected chi connectivity index (χ3v) is 6.98. The van der Waals surface area contributed by atoms with Gasteiger partial charge in [0.1, 0.15) is 0 Å². The van der Waals surface area contributed by atoms with Crippen molar-refractivity contribution in [2.24, 2.45) is 11.8 Å². The molecule has 0 radical (unpaired) electrons. The molecule has 3 saturated heterocycles. The Kier molecular flexibility index (Phi) is 5.51. The highest BCUT2D eigenvalue weighted by Gasteiger charge is 2.61. The van der Waals surface area contributed by atoms with Gasteiger partial charge in [-0.05, 0) is 45.2 Å². The molecule has 4 heterocycles. The van der Waals surface area contributed by atoms with Crippen LogP contribution in [0.25, 0.3) is 0 Å². The van der Waals surface area contributed by atoms with Gasteiger partial charge in [-0.2, -0.15) is 0 Å². The van der Waals surface area contributed by atoms with Gasteiger partial charge in [-0.3, -0.25) is 14.7 Å². The van der Waals surface area contributed by atoms with Gasteiger partial charge in [-0.25, -0.2) is 4.79 Å². The Bertz CT molecular complexity index is 745. The van der Waals surface area contributed by atoms with E-state index in [-0.39, 0.29) is 23.5 Å². The first-order chi connectivity index (χ1) is 13.9. The Hall–Kier alpha value is -2.15. The van der Waals surface area contributed by atoms with Crippen molar-refractivity contribution in [1.82, 2.24) is 25.0 Å². The molecule has 1 aromatic rings. The lowest BCUT2D eigenvalue weighted by atomic mass is 9.75. The van der Waals surface area contributed by atoms with Crippen LogP contribution >= 0.6 is 0 Å². The maximum Gasteiger partial charge on any atom is 0.317 e. The van der Waals surface area contributed by atoms with Crippen molar-refractivity contribution in [2.45, 2.75) is 51.7 Å². The summed E-state index contributed by atoms with van der Waals surface area (Å²) in [7, 11) is 0. The number of fused-ring (bicyclic) bond motifs is 2. The van der Waals surface area contributed by atoms with Gasteiger partial charge in [0.25, 0.3) is 0 Å². The average molecular weight is 400 g/mol. The van der Waals surface area contributed by atoms with Crippen molar-refractivity contribution in [3.05, 3.63) is 30.1 Å². The number of carbonyl (C=O) groups is 2. The number of hydrogen-bond donors (Lipinski definition) is 1. The first-order valence-corrected chi connectivity index (χ1v) is 10.9. The molecule has 0 saturated carbocycles. The van der Waals surface area contributed by atoms with E-state index in [0.717, 1.165) is 39.0 Å². The lowest BCUT2D eigenvalue weighted by molar-refractivity contribution is -0.135. The normalized spacial score (nSPS) is 26.4. The number of rotatable bonds is 4. The van der Waals surface area contributed by atoms with Gasteiger partial charge in [0, 0.05) is 63.6 Å². The molecule has 0 aliphatic carbocycles. The summed E-state index contributed by atoms with van der Waals surface area (Å²) in [5.74, 6) is 0.746. The third kappa shape index (κ3) is 3.61. The number of nitrogens with zero attached hydrogens (tertiary/aromatic N) is 4. The lowest BCUT2D eigenvalue weighted by Crippen LogP contribution is -2.59. The number of hydrogen-bond acceptors (Lipinski definition) is 4. The Morgan fingerprint density at radius 3 is 2.69 bits per heavy atom. The van der Waals surface area contributed by atoms with E-state index in [2.05, 4.69) is 33.1 Å². The largest absolute Gasteiger partial charge is 0.337 e. The third-order valence-electron chi connectivity index (χ3n) is 6.98. The van der Waals surface area contributed by atoms with Gasteiger partial charge < -0.3 is 15.1 Å². The van der Waals surface area contributed by atoms with E-state index >= 15 is 0 Å². The van der Waals surface area contributed by atoms with Crippen LogP contribution in [0.2, 0.25) is 0 Å². The quantitative estimate of drug-likeness (QED) is 0.840. The number of amides is 3. The van der Waals surface area contributed by atoms with Gasteiger partial charge in [-0.1, -0.05) is 6.07 Å². The molecule has 1 N–H and O–H groups in total. The first kappa shape index (κ1) is 20.1. The Balaban J connectivity index is 1.48. The van der Waals surface area contributed by atoms with Gasteiger partial charge >= 0.3 is 6.03 Å². The van der Waals surface area contributed by atoms with E-state index in [4.69, 9.17) is 0 Å². The fraction of sp³-hybridized carbons (Fsp3) is 0.682. The Labute approximate surface area is 173 Å². The predicted octanol–water partition coefficient (Wildman–Crippen LogP) is 1.94. The number of likely N-dealkylation sites (tertiary alicyclic amines) is 3. The number of piperidine rings is 1. The van der Waals surface area contributed by atoms with E-state index in [1.807, 2.05) is 31.0 Å². The van der Waals surface area contributed by atoms with Crippen molar-refractivity contribution >= 4 is 11.9 Å².